The van der Waals surface area contributed by atoms with Gasteiger partial charge in [0.15, 0.2) is 0 Å². The van der Waals surface area contributed by atoms with E-state index >= 15 is 0 Å². The van der Waals surface area contributed by atoms with Gasteiger partial charge in [0.1, 0.15) is 0 Å². The average Bonchev–Trinajstić information content (AvgIpc) is 3.28. The van der Waals surface area contributed by atoms with Gasteiger partial charge in [-0.05, 0) is 49.5 Å². The van der Waals surface area contributed by atoms with Gasteiger partial charge in [-0.25, -0.2) is 0 Å². The first-order valence-electron chi connectivity index (χ1n) is 7.71. The summed E-state index contributed by atoms with van der Waals surface area (Å²) in [7, 11) is 0. The number of benzene rings is 1. The van der Waals surface area contributed by atoms with E-state index in [1.807, 2.05) is 6.07 Å². The highest BCUT2D eigenvalue weighted by molar-refractivity contribution is 9.09. The second-order valence-electron chi connectivity index (χ2n) is 6.22. The van der Waals surface area contributed by atoms with Crippen LogP contribution in [0.15, 0.2) is 30.3 Å². The zero-order valence-electron chi connectivity index (χ0n) is 11.7. The molecule has 3 heteroatoms. The standard InChI is InChI=1S/C17H22BrNO/c18-14-8-6-12(7-9-14)11-19-17(20)16-10-15(16)13-4-2-1-3-5-13/h1-5,12,14-16H,6-11H2,(H,19,20). The van der Waals surface area contributed by atoms with Crippen LogP contribution in [0.3, 0.4) is 0 Å². The number of rotatable bonds is 4. The second-order valence-corrected chi connectivity index (χ2v) is 7.52. The van der Waals surface area contributed by atoms with Gasteiger partial charge in [0, 0.05) is 17.3 Å². The van der Waals surface area contributed by atoms with Crippen molar-refractivity contribution in [2.45, 2.75) is 42.8 Å². The lowest BCUT2D eigenvalue weighted by Gasteiger charge is -2.25. The Morgan fingerprint density at radius 1 is 1.15 bits per heavy atom. The number of hydrogen-bond acceptors (Lipinski definition) is 1. The summed E-state index contributed by atoms with van der Waals surface area (Å²) < 4.78 is 0. The molecule has 2 atom stereocenters. The molecule has 1 aromatic carbocycles. The molecule has 0 aromatic heterocycles. The number of nitrogens with one attached hydrogen (secondary N) is 1. The van der Waals surface area contributed by atoms with E-state index in [1.165, 1.54) is 31.2 Å². The second kappa shape index (κ2) is 6.30. The molecular weight excluding hydrogens is 314 g/mol. The summed E-state index contributed by atoms with van der Waals surface area (Å²) in [6, 6.07) is 10.4. The Morgan fingerprint density at radius 2 is 1.85 bits per heavy atom. The average molecular weight is 336 g/mol. The third-order valence-electron chi connectivity index (χ3n) is 4.70. The molecule has 0 spiro atoms. The van der Waals surface area contributed by atoms with Crippen molar-refractivity contribution in [3.63, 3.8) is 0 Å². The van der Waals surface area contributed by atoms with Crippen molar-refractivity contribution in [2.75, 3.05) is 6.54 Å². The van der Waals surface area contributed by atoms with Crippen LogP contribution < -0.4 is 5.32 Å². The summed E-state index contributed by atoms with van der Waals surface area (Å²) in [6.45, 7) is 0.872. The molecule has 1 amide bonds. The molecule has 0 saturated heterocycles. The summed E-state index contributed by atoms with van der Waals surface area (Å²) in [5.74, 6) is 1.61. The molecule has 0 aliphatic heterocycles. The maximum atomic E-state index is 12.2. The third kappa shape index (κ3) is 3.43. The van der Waals surface area contributed by atoms with Crippen molar-refractivity contribution in [3.8, 4) is 0 Å². The van der Waals surface area contributed by atoms with E-state index in [2.05, 4.69) is 45.5 Å². The van der Waals surface area contributed by atoms with Crippen molar-refractivity contribution >= 4 is 21.8 Å². The fourth-order valence-electron chi connectivity index (χ4n) is 3.26. The van der Waals surface area contributed by atoms with Gasteiger partial charge < -0.3 is 5.32 Å². The van der Waals surface area contributed by atoms with Gasteiger partial charge in [0.25, 0.3) is 0 Å². The molecule has 2 nitrogen and oxygen atoms in total. The highest BCUT2D eigenvalue weighted by Crippen LogP contribution is 2.47. The minimum absolute atomic E-state index is 0.213. The molecule has 108 valence electrons. The monoisotopic (exact) mass is 335 g/mol. The quantitative estimate of drug-likeness (QED) is 0.831. The highest BCUT2D eigenvalue weighted by atomic mass is 79.9. The number of alkyl halides is 1. The molecule has 0 radical (unpaired) electrons. The van der Waals surface area contributed by atoms with Gasteiger partial charge in [0.2, 0.25) is 5.91 Å². The minimum Gasteiger partial charge on any atom is -0.356 e. The smallest absolute Gasteiger partial charge is 0.223 e. The van der Waals surface area contributed by atoms with Crippen LogP contribution in [0, 0.1) is 11.8 Å². The van der Waals surface area contributed by atoms with Crippen molar-refractivity contribution in [1.29, 1.82) is 0 Å². The number of carbonyl (C=O) groups excluding carboxylic acids is 1. The van der Waals surface area contributed by atoms with Crippen LogP contribution in [0.25, 0.3) is 0 Å². The Labute approximate surface area is 129 Å². The first-order valence-corrected chi connectivity index (χ1v) is 8.62. The molecule has 2 fully saturated rings. The summed E-state index contributed by atoms with van der Waals surface area (Å²) >= 11 is 3.68. The fraction of sp³-hybridized carbons (Fsp3) is 0.588. The maximum Gasteiger partial charge on any atom is 0.223 e. The number of halogens is 1. The minimum atomic E-state index is 0.213. The summed E-state index contributed by atoms with van der Waals surface area (Å²) in [6.07, 6.45) is 5.99. The molecule has 2 saturated carbocycles. The Balaban J connectivity index is 1.43. The predicted octanol–water partition coefficient (Wildman–Crippen LogP) is 3.86. The molecule has 1 N–H and O–H groups in total. The lowest BCUT2D eigenvalue weighted by atomic mass is 9.89. The van der Waals surface area contributed by atoms with Crippen molar-refractivity contribution in [2.24, 2.45) is 11.8 Å². The van der Waals surface area contributed by atoms with Crippen LogP contribution in [-0.2, 0) is 4.79 Å². The van der Waals surface area contributed by atoms with Crippen LogP contribution in [0.5, 0.6) is 0 Å². The molecule has 20 heavy (non-hydrogen) atoms. The third-order valence-corrected chi connectivity index (χ3v) is 5.61. The van der Waals surface area contributed by atoms with Crippen LogP contribution >= 0.6 is 15.9 Å². The molecule has 0 bridgehead atoms. The van der Waals surface area contributed by atoms with Gasteiger partial charge >= 0.3 is 0 Å². The predicted molar refractivity (Wildman–Crippen MR) is 85.0 cm³/mol. The van der Waals surface area contributed by atoms with E-state index in [0.717, 1.165) is 13.0 Å². The van der Waals surface area contributed by atoms with E-state index in [-0.39, 0.29) is 11.8 Å². The largest absolute Gasteiger partial charge is 0.356 e. The molecule has 2 unspecified atom stereocenters. The summed E-state index contributed by atoms with van der Waals surface area (Å²) in [4.78, 5) is 12.9. The topological polar surface area (TPSA) is 29.1 Å². The zero-order valence-corrected chi connectivity index (χ0v) is 13.3. The molecule has 3 rings (SSSR count). The molecule has 0 heterocycles. The summed E-state index contributed by atoms with van der Waals surface area (Å²) in [5.41, 5.74) is 1.31. The lowest BCUT2D eigenvalue weighted by Crippen LogP contribution is -2.32. The summed E-state index contributed by atoms with van der Waals surface area (Å²) in [5, 5.41) is 3.17. The highest BCUT2D eigenvalue weighted by Gasteiger charge is 2.43. The number of carbonyl (C=O) groups is 1. The molecular formula is C17H22BrNO. The molecule has 2 aliphatic carbocycles. The van der Waals surface area contributed by atoms with Crippen LogP contribution in [0.4, 0.5) is 0 Å². The Hall–Kier alpha value is -0.830. The number of amides is 1. The normalized spacial score (nSPS) is 32.6. The SMILES string of the molecule is O=C(NCC1CCC(Br)CC1)C1CC1c1ccccc1. The van der Waals surface area contributed by atoms with Crippen molar-refractivity contribution in [3.05, 3.63) is 35.9 Å². The van der Waals surface area contributed by atoms with E-state index in [4.69, 9.17) is 0 Å². The van der Waals surface area contributed by atoms with Gasteiger partial charge in [-0.1, -0.05) is 46.3 Å². The Kier molecular flexibility index (Phi) is 4.45. The van der Waals surface area contributed by atoms with E-state index < -0.39 is 0 Å². The van der Waals surface area contributed by atoms with Crippen LogP contribution in [0.1, 0.15) is 43.6 Å². The van der Waals surface area contributed by atoms with Gasteiger partial charge in [0.05, 0.1) is 0 Å². The van der Waals surface area contributed by atoms with Crippen LogP contribution in [-0.4, -0.2) is 17.3 Å². The van der Waals surface area contributed by atoms with E-state index in [9.17, 15) is 4.79 Å². The van der Waals surface area contributed by atoms with E-state index in [0.29, 0.717) is 16.7 Å². The van der Waals surface area contributed by atoms with Crippen LogP contribution in [0.2, 0.25) is 0 Å². The zero-order chi connectivity index (χ0) is 13.9. The number of hydrogen-bond donors (Lipinski definition) is 1. The molecule has 2 aliphatic rings. The lowest BCUT2D eigenvalue weighted by molar-refractivity contribution is -0.122. The molecule has 1 aromatic rings. The van der Waals surface area contributed by atoms with Crippen molar-refractivity contribution in [1.82, 2.24) is 5.32 Å². The van der Waals surface area contributed by atoms with Gasteiger partial charge in [-0.15, -0.1) is 0 Å². The van der Waals surface area contributed by atoms with E-state index in [1.54, 1.807) is 0 Å². The van der Waals surface area contributed by atoms with Crippen molar-refractivity contribution < 1.29 is 4.79 Å². The maximum absolute atomic E-state index is 12.2. The van der Waals surface area contributed by atoms with Gasteiger partial charge in [-0.2, -0.15) is 0 Å². The first kappa shape index (κ1) is 14.1. The first-order chi connectivity index (χ1) is 9.74. The van der Waals surface area contributed by atoms with Gasteiger partial charge in [-0.3, -0.25) is 4.79 Å². The Morgan fingerprint density at radius 3 is 2.55 bits per heavy atom. The fourth-order valence-corrected chi connectivity index (χ4v) is 3.78. The Bertz CT molecular complexity index is 453.